The lowest BCUT2D eigenvalue weighted by Gasteiger charge is -2.15. The van der Waals surface area contributed by atoms with E-state index in [-0.39, 0.29) is 13.2 Å². The molecule has 0 saturated heterocycles. The fraction of sp³-hybridized carbons (Fsp3) is 0.200. The smallest absolute Gasteiger partial charge is 0.407 e. The van der Waals surface area contributed by atoms with Crippen molar-refractivity contribution in [3.05, 3.63) is 71.8 Å². The van der Waals surface area contributed by atoms with Gasteiger partial charge in [0, 0.05) is 0 Å². The van der Waals surface area contributed by atoms with Crippen molar-refractivity contribution < 1.29 is 29.0 Å². The Bertz CT molecular complexity index is 842. The standard InChI is InChI=1S/C20H21N3O6/c24-16(11-22-20(28)29-13-14-7-3-1-4-8-14)21-12-17(25)23-18(19(26)27)15-9-5-2-6-10-15/h1-10,18H,11-13H2,(H,21,24)(H,22,28)(H,23,25)(H,26,27)/t18-/m0/s1. The fourth-order valence-corrected chi connectivity index (χ4v) is 2.31. The van der Waals surface area contributed by atoms with Crippen LogP contribution in [0.3, 0.4) is 0 Å². The lowest BCUT2D eigenvalue weighted by atomic mass is 10.1. The number of carboxylic acids is 1. The maximum Gasteiger partial charge on any atom is 0.407 e. The molecule has 29 heavy (non-hydrogen) atoms. The van der Waals surface area contributed by atoms with E-state index >= 15 is 0 Å². The van der Waals surface area contributed by atoms with Gasteiger partial charge in [0.2, 0.25) is 11.8 Å². The van der Waals surface area contributed by atoms with E-state index in [1.807, 2.05) is 18.2 Å². The van der Waals surface area contributed by atoms with Crippen LogP contribution in [0.2, 0.25) is 0 Å². The topological polar surface area (TPSA) is 134 Å². The quantitative estimate of drug-likeness (QED) is 0.496. The Balaban J connectivity index is 1.69. The molecular weight excluding hydrogens is 378 g/mol. The van der Waals surface area contributed by atoms with Crippen LogP contribution in [0.15, 0.2) is 60.7 Å². The summed E-state index contributed by atoms with van der Waals surface area (Å²) < 4.78 is 4.96. The van der Waals surface area contributed by atoms with Gasteiger partial charge in [0.05, 0.1) is 6.54 Å². The van der Waals surface area contributed by atoms with Gasteiger partial charge in [-0.05, 0) is 11.1 Å². The highest BCUT2D eigenvalue weighted by atomic mass is 16.5. The molecule has 0 aliphatic rings. The van der Waals surface area contributed by atoms with Gasteiger partial charge in [-0.15, -0.1) is 0 Å². The first-order chi connectivity index (χ1) is 14.0. The molecule has 1 atom stereocenters. The van der Waals surface area contributed by atoms with Crippen LogP contribution >= 0.6 is 0 Å². The zero-order valence-electron chi connectivity index (χ0n) is 15.5. The molecule has 0 unspecified atom stereocenters. The molecule has 0 heterocycles. The van der Waals surface area contributed by atoms with E-state index in [1.165, 1.54) is 0 Å². The predicted molar refractivity (Wildman–Crippen MR) is 103 cm³/mol. The minimum Gasteiger partial charge on any atom is -0.479 e. The second-order valence-electron chi connectivity index (χ2n) is 5.94. The number of aliphatic carboxylic acids is 1. The molecule has 0 aliphatic heterocycles. The van der Waals surface area contributed by atoms with Crippen molar-refractivity contribution in [3.63, 3.8) is 0 Å². The Labute approximate surface area is 167 Å². The van der Waals surface area contributed by atoms with Crippen LogP contribution in [0.5, 0.6) is 0 Å². The van der Waals surface area contributed by atoms with E-state index in [1.54, 1.807) is 42.5 Å². The molecule has 152 valence electrons. The molecule has 2 aromatic carbocycles. The van der Waals surface area contributed by atoms with Gasteiger partial charge in [-0.3, -0.25) is 9.59 Å². The number of amides is 3. The van der Waals surface area contributed by atoms with Gasteiger partial charge in [0.1, 0.15) is 13.2 Å². The van der Waals surface area contributed by atoms with E-state index in [0.29, 0.717) is 5.56 Å². The lowest BCUT2D eigenvalue weighted by molar-refractivity contribution is -0.141. The van der Waals surface area contributed by atoms with Gasteiger partial charge >= 0.3 is 12.1 Å². The van der Waals surface area contributed by atoms with Crippen LogP contribution in [0.1, 0.15) is 17.2 Å². The fourth-order valence-electron chi connectivity index (χ4n) is 2.31. The Morgan fingerprint density at radius 3 is 2.03 bits per heavy atom. The molecule has 2 rings (SSSR count). The molecular formula is C20H21N3O6. The first kappa shape index (κ1) is 21.4. The normalized spacial score (nSPS) is 11.0. The molecule has 2 aromatic rings. The molecule has 4 N–H and O–H groups in total. The average molecular weight is 399 g/mol. The highest BCUT2D eigenvalue weighted by Gasteiger charge is 2.21. The minimum atomic E-state index is -1.23. The molecule has 9 nitrogen and oxygen atoms in total. The number of hydrogen-bond acceptors (Lipinski definition) is 5. The van der Waals surface area contributed by atoms with Crippen molar-refractivity contribution in [1.29, 1.82) is 0 Å². The van der Waals surface area contributed by atoms with Crippen molar-refractivity contribution in [2.45, 2.75) is 12.6 Å². The van der Waals surface area contributed by atoms with Crippen LogP contribution in [0, 0.1) is 0 Å². The molecule has 0 spiro atoms. The van der Waals surface area contributed by atoms with Crippen LogP contribution in [-0.4, -0.2) is 42.1 Å². The number of ether oxygens (including phenoxy) is 1. The number of alkyl carbamates (subject to hydrolysis) is 1. The highest BCUT2D eigenvalue weighted by molar-refractivity contribution is 5.89. The summed E-state index contributed by atoms with van der Waals surface area (Å²) in [6.45, 7) is -0.759. The Kier molecular flexibility index (Phi) is 8.18. The lowest BCUT2D eigenvalue weighted by Crippen LogP contribution is -2.44. The van der Waals surface area contributed by atoms with Crippen molar-refractivity contribution in [2.24, 2.45) is 0 Å². The van der Waals surface area contributed by atoms with Gasteiger partial charge in [0.15, 0.2) is 6.04 Å². The number of benzene rings is 2. The average Bonchev–Trinajstić information content (AvgIpc) is 2.74. The van der Waals surface area contributed by atoms with E-state index in [9.17, 15) is 24.3 Å². The SMILES string of the molecule is O=C(CNC(=O)OCc1ccccc1)NCC(=O)N[C@H](C(=O)O)c1ccccc1. The van der Waals surface area contributed by atoms with Crippen molar-refractivity contribution in [3.8, 4) is 0 Å². The van der Waals surface area contributed by atoms with E-state index < -0.39 is 36.5 Å². The van der Waals surface area contributed by atoms with Gasteiger partial charge in [-0.25, -0.2) is 9.59 Å². The Morgan fingerprint density at radius 2 is 1.41 bits per heavy atom. The molecule has 0 saturated carbocycles. The number of carboxylic acid groups (broad SMARTS) is 1. The third-order valence-corrected chi connectivity index (χ3v) is 3.74. The van der Waals surface area contributed by atoms with Crippen molar-refractivity contribution >= 4 is 23.9 Å². The summed E-state index contributed by atoms with van der Waals surface area (Å²) in [4.78, 5) is 46.6. The summed E-state index contributed by atoms with van der Waals surface area (Å²) in [6.07, 6.45) is -0.775. The molecule has 3 amide bonds. The summed E-state index contributed by atoms with van der Waals surface area (Å²) >= 11 is 0. The summed E-state index contributed by atoms with van der Waals surface area (Å²) in [5.74, 6) is -2.52. The number of rotatable bonds is 9. The minimum absolute atomic E-state index is 0.0623. The van der Waals surface area contributed by atoms with E-state index in [0.717, 1.165) is 5.56 Å². The van der Waals surface area contributed by atoms with Crippen LogP contribution in [0.4, 0.5) is 4.79 Å². The highest BCUT2D eigenvalue weighted by Crippen LogP contribution is 2.12. The number of carbonyl (C=O) groups is 4. The first-order valence-electron chi connectivity index (χ1n) is 8.74. The Hall–Kier alpha value is -3.88. The van der Waals surface area contributed by atoms with Crippen LogP contribution < -0.4 is 16.0 Å². The number of hydrogen-bond donors (Lipinski definition) is 4. The van der Waals surface area contributed by atoms with E-state index in [4.69, 9.17) is 4.74 Å². The third kappa shape index (κ3) is 7.71. The van der Waals surface area contributed by atoms with Gasteiger partial charge in [-0.1, -0.05) is 60.7 Å². The molecule has 0 aliphatic carbocycles. The number of carbonyl (C=O) groups excluding carboxylic acids is 3. The maximum atomic E-state index is 11.9. The summed E-state index contributed by atoms with van der Waals surface area (Å²) in [7, 11) is 0. The zero-order valence-corrected chi connectivity index (χ0v) is 15.5. The number of nitrogens with one attached hydrogen (secondary N) is 3. The predicted octanol–water partition coefficient (Wildman–Crippen LogP) is 0.971. The summed E-state index contributed by atoms with van der Waals surface area (Å²) in [5.41, 5.74) is 1.21. The van der Waals surface area contributed by atoms with Gasteiger partial charge in [-0.2, -0.15) is 0 Å². The van der Waals surface area contributed by atoms with Crippen molar-refractivity contribution in [2.75, 3.05) is 13.1 Å². The van der Waals surface area contributed by atoms with Crippen LogP contribution in [0.25, 0.3) is 0 Å². The molecule has 9 heteroatoms. The summed E-state index contributed by atoms with van der Waals surface area (Å²) in [5, 5.41) is 16.1. The zero-order chi connectivity index (χ0) is 21.1. The largest absolute Gasteiger partial charge is 0.479 e. The maximum absolute atomic E-state index is 11.9. The van der Waals surface area contributed by atoms with E-state index in [2.05, 4.69) is 16.0 Å². The van der Waals surface area contributed by atoms with Crippen LogP contribution in [-0.2, 0) is 25.7 Å². The first-order valence-corrected chi connectivity index (χ1v) is 8.74. The molecule has 0 radical (unpaired) electrons. The van der Waals surface area contributed by atoms with Gasteiger partial charge in [0.25, 0.3) is 0 Å². The molecule has 0 bridgehead atoms. The van der Waals surface area contributed by atoms with Gasteiger partial charge < -0.3 is 25.8 Å². The molecule has 0 aromatic heterocycles. The Morgan fingerprint density at radius 1 is 0.828 bits per heavy atom. The monoisotopic (exact) mass is 399 g/mol. The second kappa shape index (κ2) is 11.1. The summed E-state index contributed by atoms with van der Waals surface area (Å²) in [6, 6.07) is 16.0. The second-order valence-corrected chi connectivity index (χ2v) is 5.94. The molecule has 0 fully saturated rings. The van der Waals surface area contributed by atoms with Crippen molar-refractivity contribution in [1.82, 2.24) is 16.0 Å². The third-order valence-electron chi connectivity index (χ3n) is 3.74.